The number of quaternary nitrogens is 1. The van der Waals surface area contributed by atoms with Gasteiger partial charge in [0.15, 0.2) is 0 Å². The molecular weight excluding hydrogens is 374 g/mol. The van der Waals surface area contributed by atoms with Gasteiger partial charge >= 0.3 is 0 Å². The van der Waals surface area contributed by atoms with Crippen molar-refractivity contribution in [1.29, 1.82) is 0 Å². The van der Waals surface area contributed by atoms with E-state index < -0.39 is 0 Å². The molecule has 0 atom stereocenters. The van der Waals surface area contributed by atoms with E-state index in [-0.39, 0.29) is 17.5 Å². The fourth-order valence-electron chi connectivity index (χ4n) is 2.97. The maximum atomic E-state index is 12.7. The van der Waals surface area contributed by atoms with Crippen LogP contribution < -0.4 is 20.3 Å². The first kappa shape index (κ1) is 20.6. The van der Waals surface area contributed by atoms with Gasteiger partial charge in [0.05, 0.1) is 39.7 Å². The minimum atomic E-state index is -0.389. The lowest BCUT2D eigenvalue weighted by Gasteiger charge is -2.23. The Morgan fingerprint density at radius 1 is 1.17 bits per heavy atom. The standard InChI is InChI=1S/C21H25N3O5/c1-27-17-6-4-16(5-7-17)20(25)23-19(15-18-3-2-12-29-18)21(26)22-8-9-24-10-13-28-14-11-24/h2-7,12,15H,8-11,13-14H2,1H3,(H,22,26)(H,23,25)/p+1/b19-15+. The van der Waals surface area contributed by atoms with E-state index in [0.717, 1.165) is 32.8 Å². The van der Waals surface area contributed by atoms with Crippen LogP contribution in [0, 0.1) is 0 Å². The minimum absolute atomic E-state index is 0.123. The lowest BCUT2D eigenvalue weighted by atomic mass is 10.2. The quantitative estimate of drug-likeness (QED) is 0.546. The summed E-state index contributed by atoms with van der Waals surface area (Å²) in [5.41, 5.74) is 0.541. The molecular formula is C21H26N3O5+. The summed E-state index contributed by atoms with van der Waals surface area (Å²) in [5.74, 6) is 0.371. The van der Waals surface area contributed by atoms with E-state index in [9.17, 15) is 9.59 Å². The molecule has 3 rings (SSSR count). The Morgan fingerprint density at radius 2 is 1.93 bits per heavy atom. The summed E-state index contributed by atoms with van der Waals surface area (Å²) in [6.07, 6.45) is 3.02. The van der Waals surface area contributed by atoms with Crippen molar-refractivity contribution >= 4 is 17.9 Å². The van der Waals surface area contributed by atoms with Crippen LogP contribution in [0.5, 0.6) is 5.75 Å². The van der Waals surface area contributed by atoms with E-state index >= 15 is 0 Å². The average molecular weight is 400 g/mol. The van der Waals surface area contributed by atoms with Crippen molar-refractivity contribution < 1.29 is 28.4 Å². The number of nitrogens with one attached hydrogen (secondary N) is 3. The van der Waals surface area contributed by atoms with Crippen LogP contribution in [0.4, 0.5) is 0 Å². The molecule has 0 spiro atoms. The van der Waals surface area contributed by atoms with Crippen LogP contribution >= 0.6 is 0 Å². The van der Waals surface area contributed by atoms with Gasteiger partial charge in [-0.1, -0.05) is 0 Å². The Kier molecular flexibility index (Phi) is 7.43. The molecule has 154 valence electrons. The molecule has 2 amide bonds. The largest absolute Gasteiger partial charge is 0.497 e. The van der Waals surface area contributed by atoms with Gasteiger partial charge in [0.25, 0.3) is 11.8 Å². The first-order valence-electron chi connectivity index (χ1n) is 9.56. The highest BCUT2D eigenvalue weighted by atomic mass is 16.5. The zero-order valence-corrected chi connectivity index (χ0v) is 16.4. The van der Waals surface area contributed by atoms with Gasteiger partial charge in [-0.05, 0) is 36.4 Å². The summed E-state index contributed by atoms with van der Waals surface area (Å²) in [6.45, 7) is 4.64. The fraction of sp³-hybridized carbons (Fsp3) is 0.333. The highest BCUT2D eigenvalue weighted by molar-refractivity contribution is 6.05. The Balaban J connectivity index is 1.63. The molecule has 2 aromatic rings. The lowest BCUT2D eigenvalue weighted by Crippen LogP contribution is -3.14. The number of morpholine rings is 1. The SMILES string of the molecule is COc1ccc(C(=O)N/C(=C/c2ccco2)C(=O)NCC[NH+]2CCOCC2)cc1. The highest BCUT2D eigenvalue weighted by Crippen LogP contribution is 2.12. The van der Waals surface area contributed by atoms with Crippen LogP contribution in [0.15, 0.2) is 52.8 Å². The minimum Gasteiger partial charge on any atom is -0.497 e. The van der Waals surface area contributed by atoms with Gasteiger partial charge in [-0.2, -0.15) is 0 Å². The van der Waals surface area contributed by atoms with Crippen LogP contribution in [-0.4, -0.2) is 58.3 Å². The predicted molar refractivity (Wildman–Crippen MR) is 107 cm³/mol. The molecule has 1 aromatic heterocycles. The summed E-state index contributed by atoms with van der Waals surface area (Å²) < 4.78 is 15.7. The van der Waals surface area contributed by atoms with E-state index in [2.05, 4.69) is 10.6 Å². The molecule has 0 radical (unpaired) electrons. The first-order valence-corrected chi connectivity index (χ1v) is 9.56. The van der Waals surface area contributed by atoms with Crippen LogP contribution in [-0.2, 0) is 9.53 Å². The third kappa shape index (κ3) is 6.20. The number of carbonyl (C=O) groups excluding carboxylic acids is 2. The van der Waals surface area contributed by atoms with Gasteiger partial charge in [-0.25, -0.2) is 0 Å². The maximum absolute atomic E-state index is 12.7. The zero-order valence-electron chi connectivity index (χ0n) is 16.4. The smallest absolute Gasteiger partial charge is 0.268 e. The van der Waals surface area contributed by atoms with Gasteiger partial charge in [-0.15, -0.1) is 0 Å². The molecule has 0 unspecified atom stereocenters. The summed E-state index contributed by atoms with van der Waals surface area (Å²) in [6, 6.07) is 10.1. The van der Waals surface area contributed by atoms with Crippen molar-refractivity contribution in [1.82, 2.24) is 10.6 Å². The summed E-state index contributed by atoms with van der Waals surface area (Å²) >= 11 is 0. The van der Waals surface area contributed by atoms with Crippen LogP contribution in [0.25, 0.3) is 6.08 Å². The molecule has 1 aromatic carbocycles. The van der Waals surface area contributed by atoms with Crippen molar-refractivity contribution in [2.75, 3.05) is 46.5 Å². The Bertz CT molecular complexity index is 825. The average Bonchev–Trinajstić information content (AvgIpc) is 3.27. The first-order chi connectivity index (χ1) is 14.2. The lowest BCUT2D eigenvalue weighted by molar-refractivity contribution is -0.906. The third-order valence-corrected chi connectivity index (χ3v) is 4.64. The maximum Gasteiger partial charge on any atom is 0.268 e. The summed E-state index contributed by atoms with van der Waals surface area (Å²) in [7, 11) is 1.56. The molecule has 1 aliphatic rings. The van der Waals surface area contributed by atoms with E-state index in [4.69, 9.17) is 13.9 Å². The predicted octanol–water partition coefficient (Wildman–Crippen LogP) is 0.0904. The molecule has 1 aliphatic heterocycles. The number of hydrogen-bond donors (Lipinski definition) is 3. The zero-order chi connectivity index (χ0) is 20.5. The number of hydrogen-bond acceptors (Lipinski definition) is 5. The number of benzene rings is 1. The molecule has 1 saturated heterocycles. The molecule has 0 aliphatic carbocycles. The van der Waals surface area contributed by atoms with E-state index in [1.165, 1.54) is 17.2 Å². The second kappa shape index (κ2) is 10.4. The second-order valence-electron chi connectivity index (χ2n) is 6.62. The Labute approximate surface area is 169 Å². The molecule has 8 nitrogen and oxygen atoms in total. The van der Waals surface area contributed by atoms with Crippen molar-refractivity contribution in [3.8, 4) is 5.75 Å². The number of carbonyl (C=O) groups is 2. The summed E-state index contributed by atoms with van der Waals surface area (Å²) in [5, 5.41) is 5.55. The third-order valence-electron chi connectivity index (χ3n) is 4.64. The van der Waals surface area contributed by atoms with E-state index in [0.29, 0.717) is 23.6 Å². The van der Waals surface area contributed by atoms with Gasteiger partial charge < -0.3 is 29.4 Å². The van der Waals surface area contributed by atoms with Crippen LogP contribution in [0.3, 0.4) is 0 Å². The molecule has 0 bridgehead atoms. The Morgan fingerprint density at radius 3 is 2.59 bits per heavy atom. The molecule has 3 N–H and O–H groups in total. The monoisotopic (exact) mass is 400 g/mol. The molecule has 1 fully saturated rings. The van der Waals surface area contributed by atoms with Gasteiger partial charge in [0.2, 0.25) is 0 Å². The molecule has 8 heteroatoms. The van der Waals surface area contributed by atoms with Crippen molar-refractivity contribution in [3.05, 3.63) is 59.7 Å². The second-order valence-corrected chi connectivity index (χ2v) is 6.62. The van der Waals surface area contributed by atoms with Gasteiger partial charge in [-0.3, -0.25) is 9.59 Å². The number of amides is 2. The normalized spacial score (nSPS) is 15.0. The number of rotatable bonds is 8. The molecule has 0 saturated carbocycles. The topological polar surface area (TPSA) is 94.2 Å². The fourth-order valence-corrected chi connectivity index (χ4v) is 2.97. The highest BCUT2D eigenvalue weighted by Gasteiger charge is 2.17. The van der Waals surface area contributed by atoms with Gasteiger partial charge in [0.1, 0.15) is 30.3 Å². The van der Waals surface area contributed by atoms with Crippen molar-refractivity contribution in [2.45, 2.75) is 0 Å². The van der Waals surface area contributed by atoms with Gasteiger partial charge in [0, 0.05) is 11.6 Å². The number of methoxy groups -OCH3 is 1. The number of ether oxygens (including phenoxy) is 2. The van der Waals surface area contributed by atoms with Crippen LogP contribution in [0.2, 0.25) is 0 Å². The van der Waals surface area contributed by atoms with Crippen molar-refractivity contribution in [2.24, 2.45) is 0 Å². The van der Waals surface area contributed by atoms with Crippen LogP contribution in [0.1, 0.15) is 16.1 Å². The molecule has 29 heavy (non-hydrogen) atoms. The van der Waals surface area contributed by atoms with Crippen molar-refractivity contribution in [3.63, 3.8) is 0 Å². The summed E-state index contributed by atoms with van der Waals surface area (Å²) in [4.78, 5) is 26.7. The Hall–Kier alpha value is -3.10. The molecule has 2 heterocycles. The van der Waals surface area contributed by atoms with E-state index in [1.807, 2.05) is 0 Å². The number of furan rings is 1. The van der Waals surface area contributed by atoms with E-state index in [1.54, 1.807) is 43.5 Å².